The molecule has 0 spiro atoms. The Morgan fingerprint density at radius 3 is 1.93 bits per heavy atom. The molecule has 1 atom stereocenters. The first-order valence-electron chi connectivity index (χ1n) is 8.88. The van der Waals surface area contributed by atoms with Crippen LogP contribution >= 0.6 is 23.2 Å². The maximum atomic E-state index is 12.8. The van der Waals surface area contributed by atoms with Crippen molar-refractivity contribution in [3.05, 3.63) is 33.3 Å². The first-order valence-corrected chi connectivity index (χ1v) is 11.7. The van der Waals surface area contributed by atoms with Crippen LogP contribution in [-0.2, 0) is 24.2 Å². The largest absolute Gasteiger partial charge is 0.456 e. The molecule has 1 aromatic carbocycles. The number of hydrogen-bond donors (Lipinski definition) is 0. The van der Waals surface area contributed by atoms with Crippen LogP contribution in [0.4, 0.5) is 0 Å². The molecular formula is C19H21Cl2NO7S. The van der Waals surface area contributed by atoms with Gasteiger partial charge in [-0.05, 0) is 18.6 Å². The predicted molar refractivity (Wildman–Crippen MR) is 110 cm³/mol. The topological polar surface area (TPSA) is 115 Å². The van der Waals surface area contributed by atoms with E-state index in [9.17, 15) is 27.6 Å². The molecule has 1 aliphatic heterocycles. The predicted octanol–water partition coefficient (Wildman–Crippen LogP) is 2.55. The van der Waals surface area contributed by atoms with Gasteiger partial charge in [0.2, 0.25) is 0 Å². The van der Waals surface area contributed by atoms with Crippen LogP contribution in [0, 0.1) is 5.41 Å². The van der Waals surface area contributed by atoms with Crippen molar-refractivity contribution in [2.75, 3.05) is 18.6 Å². The molecule has 8 nitrogen and oxygen atoms in total. The monoisotopic (exact) mass is 477 g/mol. The average Bonchev–Trinajstić information content (AvgIpc) is 2.83. The Kier molecular flexibility index (Phi) is 7.00. The number of hydrogen-bond acceptors (Lipinski definition) is 7. The zero-order valence-electron chi connectivity index (χ0n) is 16.8. The summed E-state index contributed by atoms with van der Waals surface area (Å²) in [6.07, 6.45) is 0.578. The Bertz CT molecular complexity index is 987. The molecule has 0 aliphatic carbocycles. The van der Waals surface area contributed by atoms with Crippen LogP contribution in [0.3, 0.4) is 0 Å². The van der Waals surface area contributed by atoms with Crippen LogP contribution in [-0.4, -0.2) is 61.5 Å². The number of esters is 1. The fourth-order valence-electron chi connectivity index (χ4n) is 2.66. The minimum absolute atomic E-state index is 0.0458. The third kappa shape index (κ3) is 5.39. The second-order valence-electron chi connectivity index (χ2n) is 8.01. The van der Waals surface area contributed by atoms with Gasteiger partial charge in [-0.2, -0.15) is 0 Å². The third-order valence-corrected chi connectivity index (χ3v) is 6.19. The lowest BCUT2D eigenvalue weighted by Gasteiger charge is -2.25. The molecule has 0 bridgehead atoms. The van der Waals surface area contributed by atoms with Gasteiger partial charge in [0.25, 0.3) is 11.8 Å². The van der Waals surface area contributed by atoms with Gasteiger partial charge in [0.05, 0.1) is 26.9 Å². The quantitative estimate of drug-likeness (QED) is 0.437. The van der Waals surface area contributed by atoms with Gasteiger partial charge < -0.3 is 4.74 Å². The summed E-state index contributed by atoms with van der Waals surface area (Å²) < 4.78 is 28.3. The number of fused-ring (bicyclic) bond motifs is 1. The average molecular weight is 478 g/mol. The number of rotatable bonds is 7. The molecule has 30 heavy (non-hydrogen) atoms. The minimum atomic E-state index is -3.52. The first-order chi connectivity index (χ1) is 13.6. The molecule has 0 unspecified atom stereocenters. The second-order valence-corrected chi connectivity index (χ2v) is 11.1. The zero-order valence-corrected chi connectivity index (χ0v) is 19.2. The Balaban J connectivity index is 2.35. The van der Waals surface area contributed by atoms with E-state index in [2.05, 4.69) is 0 Å². The fourth-order valence-corrected chi connectivity index (χ4v) is 3.64. The number of ether oxygens (including phenoxy) is 1. The highest BCUT2D eigenvalue weighted by Gasteiger charge is 2.44. The van der Waals surface area contributed by atoms with Gasteiger partial charge in [-0.3, -0.25) is 19.3 Å². The van der Waals surface area contributed by atoms with Crippen molar-refractivity contribution in [1.29, 1.82) is 0 Å². The number of Topliss-reactive ketones (excluding diaryl/α,β-unsaturated/α-hetero) is 1. The lowest BCUT2D eigenvalue weighted by molar-refractivity contribution is -0.153. The summed E-state index contributed by atoms with van der Waals surface area (Å²) in [6.45, 7) is 4.35. The van der Waals surface area contributed by atoms with Crippen LogP contribution in [0.15, 0.2) is 12.1 Å². The van der Waals surface area contributed by atoms with Gasteiger partial charge in [0.15, 0.2) is 12.4 Å². The van der Waals surface area contributed by atoms with Crippen LogP contribution < -0.4 is 0 Å². The fraction of sp³-hybridized carbons (Fsp3) is 0.474. The van der Waals surface area contributed by atoms with E-state index in [1.807, 2.05) is 0 Å². The van der Waals surface area contributed by atoms with Crippen LogP contribution in [0.25, 0.3) is 0 Å². The molecule has 0 saturated carbocycles. The number of halogens is 2. The summed E-state index contributed by atoms with van der Waals surface area (Å²) in [5, 5.41) is 0.0916. The standard InChI is InChI=1S/C19H21Cl2NO7S/c1-19(2,3)15(23)9-29-18(26)14(5-6-30(4,27)28)22-16(24)10-7-12(20)13(21)8-11(10)17(22)25/h7-8,14H,5-6,9H2,1-4H3/t14-/m0/s1. The van der Waals surface area contributed by atoms with Gasteiger partial charge in [-0.15, -0.1) is 0 Å². The van der Waals surface area contributed by atoms with Crippen molar-refractivity contribution in [2.45, 2.75) is 33.2 Å². The number of ketones is 1. The van der Waals surface area contributed by atoms with E-state index in [-0.39, 0.29) is 33.4 Å². The van der Waals surface area contributed by atoms with Crippen molar-refractivity contribution >= 4 is 56.6 Å². The summed E-state index contributed by atoms with van der Waals surface area (Å²) in [4.78, 5) is 51.0. The van der Waals surface area contributed by atoms with Gasteiger partial charge in [-0.1, -0.05) is 44.0 Å². The molecule has 1 heterocycles. The molecule has 2 rings (SSSR count). The van der Waals surface area contributed by atoms with E-state index in [0.717, 1.165) is 6.26 Å². The zero-order chi connectivity index (χ0) is 23.0. The highest BCUT2D eigenvalue weighted by molar-refractivity contribution is 7.90. The molecule has 0 N–H and O–H groups in total. The van der Waals surface area contributed by atoms with Gasteiger partial charge in [0.1, 0.15) is 15.9 Å². The summed E-state index contributed by atoms with van der Waals surface area (Å²) in [5.41, 5.74) is -0.888. The molecule has 0 fully saturated rings. The maximum Gasteiger partial charge on any atom is 0.329 e. The van der Waals surface area contributed by atoms with E-state index >= 15 is 0 Å². The SMILES string of the molecule is CC(C)(C)C(=O)COC(=O)[C@H](CCS(C)(=O)=O)N1C(=O)c2cc(Cl)c(Cl)cc2C1=O. The Labute approximate surface area is 184 Å². The minimum Gasteiger partial charge on any atom is -0.456 e. The molecule has 11 heteroatoms. The van der Waals surface area contributed by atoms with Crippen LogP contribution in [0.5, 0.6) is 0 Å². The molecule has 1 aromatic rings. The van der Waals surface area contributed by atoms with E-state index in [0.29, 0.717) is 4.90 Å². The van der Waals surface area contributed by atoms with Crippen molar-refractivity contribution in [3.8, 4) is 0 Å². The maximum absolute atomic E-state index is 12.8. The Morgan fingerprint density at radius 2 is 1.53 bits per heavy atom. The molecule has 0 radical (unpaired) electrons. The van der Waals surface area contributed by atoms with E-state index in [4.69, 9.17) is 27.9 Å². The first kappa shape index (κ1) is 24.3. The summed E-state index contributed by atoms with van der Waals surface area (Å²) in [7, 11) is -3.52. The van der Waals surface area contributed by atoms with Crippen molar-refractivity contribution in [3.63, 3.8) is 0 Å². The number of nitrogens with zero attached hydrogens (tertiary/aromatic N) is 1. The Hall–Kier alpha value is -1.97. The van der Waals surface area contributed by atoms with Gasteiger partial charge >= 0.3 is 5.97 Å². The summed E-state index contributed by atoms with van der Waals surface area (Å²) >= 11 is 11.8. The van der Waals surface area contributed by atoms with Crippen molar-refractivity contribution in [1.82, 2.24) is 4.90 Å². The number of imide groups is 1. The van der Waals surface area contributed by atoms with Crippen molar-refractivity contribution < 1.29 is 32.3 Å². The van der Waals surface area contributed by atoms with E-state index in [1.165, 1.54) is 12.1 Å². The molecule has 164 valence electrons. The lowest BCUT2D eigenvalue weighted by Crippen LogP contribution is -2.47. The number of benzene rings is 1. The van der Waals surface area contributed by atoms with Crippen molar-refractivity contribution in [2.24, 2.45) is 5.41 Å². The molecular weight excluding hydrogens is 457 g/mol. The van der Waals surface area contributed by atoms with Crippen LogP contribution in [0.2, 0.25) is 10.0 Å². The normalized spacial score (nSPS) is 15.2. The number of sulfone groups is 1. The molecule has 0 saturated heterocycles. The highest BCUT2D eigenvalue weighted by atomic mass is 35.5. The lowest BCUT2D eigenvalue weighted by atomic mass is 9.91. The number of carbonyl (C=O) groups excluding carboxylic acids is 4. The molecule has 1 aliphatic rings. The smallest absolute Gasteiger partial charge is 0.329 e. The van der Waals surface area contributed by atoms with E-state index in [1.54, 1.807) is 20.8 Å². The third-order valence-electron chi connectivity index (χ3n) is 4.49. The second kappa shape index (κ2) is 8.64. The van der Waals surface area contributed by atoms with Gasteiger partial charge in [-0.25, -0.2) is 13.2 Å². The summed E-state index contributed by atoms with van der Waals surface area (Å²) in [6, 6.07) is 0.890. The molecule has 0 aromatic heterocycles. The molecule has 2 amide bonds. The highest BCUT2D eigenvalue weighted by Crippen LogP contribution is 2.33. The van der Waals surface area contributed by atoms with E-state index < -0.39 is 51.4 Å². The number of amides is 2. The van der Waals surface area contributed by atoms with Gasteiger partial charge in [0, 0.05) is 11.7 Å². The summed E-state index contributed by atoms with van der Waals surface area (Å²) in [5.74, 6) is -3.56. The number of carbonyl (C=O) groups is 4. The van der Waals surface area contributed by atoms with Crippen LogP contribution in [0.1, 0.15) is 47.9 Å². The Morgan fingerprint density at radius 1 is 1.07 bits per heavy atom.